The molecule has 1 aromatic rings. The first-order valence-corrected chi connectivity index (χ1v) is 6.32. The van der Waals surface area contributed by atoms with Gasteiger partial charge in [-0.2, -0.15) is 0 Å². The third-order valence-corrected chi connectivity index (χ3v) is 2.47. The Morgan fingerprint density at radius 1 is 1.29 bits per heavy atom. The molecule has 1 heterocycles. The summed E-state index contributed by atoms with van der Waals surface area (Å²) in [6, 6.07) is 0.711. The molecule has 1 N–H and O–H groups in total. The van der Waals surface area contributed by atoms with Crippen molar-refractivity contribution in [3.05, 3.63) is 5.89 Å². The van der Waals surface area contributed by atoms with Gasteiger partial charge in [-0.1, -0.05) is 25.9 Å². The van der Waals surface area contributed by atoms with Gasteiger partial charge in [0.1, 0.15) is 0 Å². The van der Waals surface area contributed by atoms with Crippen LogP contribution in [0.25, 0.3) is 0 Å². The van der Waals surface area contributed by atoms with Crippen molar-refractivity contribution in [2.24, 2.45) is 5.92 Å². The summed E-state index contributed by atoms with van der Waals surface area (Å²) in [4.78, 5) is 1.99. The lowest BCUT2D eigenvalue weighted by Gasteiger charge is -2.16. The first kappa shape index (κ1) is 14.0. The molecule has 17 heavy (non-hydrogen) atoms. The molecular weight excluding hydrogens is 216 g/mol. The Morgan fingerprint density at radius 3 is 2.59 bits per heavy atom. The quantitative estimate of drug-likeness (QED) is 0.792. The predicted octanol–water partition coefficient (Wildman–Crippen LogP) is 2.22. The maximum absolute atomic E-state index is 5.65. The SMILES string of the molecule is CCCNC(C)c1nnc(N(C)CC(C)C)o1. The van der Waals surface area contributed by atoms with Gasteiger partial charge in [0.15, 0.2) is 0 Å². The number of nitrogens with one attached hydrogen (secondary N) is 1. The summed E-state index contributed by atoms with van der Waals surface area (Å²) in [6.07, 6.45) is 1.10. The van der Waals surface area contributed by atoms with Crippen LogP contribution in [0.2, 0.25) is 0 Å². The Bertz CT molecular complexity index is 324. The van der Waals surface area contributed by atoms with Crippen molar-refractivity contribution in [1.29, 1.82) is 0 Å². The highest BCUT2D eigenvalue weighted by atomic mass is 16.4. The van der Waals surface area contributed by atoms with Crippen molar-refractivity contribution in [2.75, 3.05) is 25.0 Å². The van der Waals surface area contributed by atoms with Crippen LogP contribution in [0.5, 0.6) is 0 Å². The van der Waals surface area contributed by atoms with Crippen molar-refractivity contribution in [3.8, 4) is 0 Å². The van der Waals surface area contributed by atoms with Gasteiger partial charge >= 0.3 is 6.01 Å². The van der Waals surface area contributed by atoms with E-state index in [1.807, 2.05) is 18.9 Å². The topological polar surface area (TPSA) is 54.2 Å². The van der Waals surface area contributed by atoms with Gasteiger partial charge in [0.25, 0.3) is 0 Å². The van der Waals surface area contributed by atoms with Crippen molar-refractivity contribution >= 4 is 6.01 Å². The second-order valence-corrected chi connectivity index (χ2v) is 4.87. The van der Waals surface area contributed by atoms with Gasteiger partial charge in [0.2, 0.25) is 5.89 Å². The normalized spacial score (nSPS) is 13.1. The molecule has 0 fully saturated rings. The Morgan fingerprint density at radius 2 is 2.00 bits per heavy atom. The molecule has 1 unspecified atom stereocenters. The second-order valence-electron chi connectivity index (χ2n) is 4.87. The molecule has 0 bridgehead atoms. The minimum absolute atomic E-state index is 0.114. The van der Waals surface area contributed by atoms with Crippen LogP contribution in [-0.2, 0) is 0 Å². The minimum atomic E-state index is 0.114. The van der Waals surface area contributed by atoms with Crippen molar-refractivity contribution in [3.63, 3.8) is 0 Å². The highest BCUT2D eigenvalue weighted by Crippen LogP contribution is 2.16. The van der Waals surface area contributed by atoms with Crippen molar-refractivity contribution in [2.45, 2.75) is 40.2 Å². The average molecular weight is 240 g/mol. The molecule has 0 saturated heterocycles. The zero-order chi connectivity index (χ0) is 12.8. The van der Waals surface area contributed by atoms with Gasteiger partial charge < -0.3 is 14.6 Å². The molecule has 0 aliphatic rings. The lowest BCUT2D eigenvalue weighted by molar-refractivity contribution is 0.413. The number of rotatable bonds is 7. The van der Waals surface area contributed by atoms with E-state index >= 15 is 0 Å². The predicted molar refractivity (Wildman–Crippen MR) is 69.1 cm³/mol. The largest absolute Gasteiger partial charge is 0.406 e. The van der Waals surface area contributed by atoms with E-state index in [-0.39, 0.29) is 6.04 Å². The molecular formula is C12H24N4O. The van der Waals surface area contributed by atoms with Gasteiger partial charge in [-0.25, -0.2) is 0 Å². The molecule has 5 heteroatoms. The Balaban J connectivity index is 2.57. The third-order valence-electron chi connectivity index (χ3n) is 2.47. The van der Waals surface area contributed by atoms with Crippen LogP contribution in [0.4, 0.5) is 6.01 Å². The van der Waals surface area contributed by atoms with Crippen LogP contribution in [0.3, 0.4) is 0 Å². The van der Waals surface area contributed by atoms with Gasteiger partial charge in [0, 0.05) is 13.6 Å². The van der Waals surface area contributed by atoms with E-state index in [9.17, 15) is 0 Å². The standard InChI is InChI=1S/C12H24N4O/c1-6-7-13-10(4)11-14-15-12(17-11)16(5)8-9(2)3/h9-10,13H,6-8H2,1-5H3. The molecule has 0 spiro atoms. The smallest absolute Gasteiger partial charge is 0.317 e. The molecule has 98 valence electrons. The van der Waals surface area contributed by atoms with E-state index in [0.29, 0.717) is 17.8 Å². The van der Waals surface area contributed by atoms with E-state index in [1.165, 1.54) is 0 Å². The van der Waals surface area contributed by atoms with E-state index in [4.69, 9.17) is 4.42 Å². The average Bonchev–Trinajstić information content (AvgIpc) is 2.74. The summed E-state index contributed by atoms with van der Waals surface area (Å²) in [5, 5.41) is 11.5. The molecule has 1 atom stereocenters. The zero-order valence-electron chi connectivity index (χ0n) is 11.5. The van der Waals surface area contributed by atoms with E-state index in [0.717, 1.165) is 19.5 Å². The molecule has 0 radical (unpaired) electrons. The monoisotopic (exact) mass is 240 g/mol. The molecule has 5 nitrogen and oxygen atoms in total. The molecule has 0 aromatic carbocycles. The number of aromatic nitrogens is 2. The maximum Gasteiger partial charge on any atom is 0.317 e. The molecule has 0 amide bonds. The highest BCUT2D eigenvalue weighted by molar-refractivity contribution is 5.22. The third kappa shape index (κ3) is 4.34. The lowest BCUT2D eigenvalue weighted by Crippen LogP contribution is -2.22. The van der Waals surface area contributed by atoms with Gasteiger partial charge in [-0.05, 0) is 25.8 Å². The van der Waals surface area contributed by atoms with Crippen LogP contribution in [0.1, 0.15) is 46.0 Å². The number of hydrogen-bond donors (Lipinski definition) is 1. The van der Waals surface area contributed by atoms with E-state index in [1.54, 1.807) is 0 Å². The zero-order valence-corrected chi connectivity index (χ0v) is 11.5. The molecule has 0 aliphatic heterocycles. The lowest BCUT2D eigenvalue weighted by atomic mass is 10.2. The van der Waals surface area contributed by atoms with Crippen LogP contribution in [0.15, 0.2) is 4.42 Å². The maximum atomic E-state index is 5.65. The number of hydrogen-bond acceptors (Lipinski definition) is 5. The van der Waals surface area contributed by atoms with Gasteiger partial charge in [-0.15, -0.1) is 5.10 Å². The Hall–Kier alpha value is -1.10. The summed E-state index contributed by atoms with van der Waals surface area (Å²) >= 11 is 0. The number of anilines is 1. The van der Waals surface area contributed by atoms with Crippen LogP contribution >= 0.6 is 0 Å². The molecule has 1 aromatic heterocycles. The minimum Gasteiger partial charge on any atom is -0.406 e. The van der Waals surface area contributed by atoms with E-state index in [2.05, 4.69) is 36.3 Å². The fourth-order valence-corrected chi connectivity index (χ4v) is 1.63. The first-order valence-electron chi connectivity index (χ1n) is 6.32. The summed E-state index contributed by atoms with van der Waals surface area (Å²) in [5.74, 6) is 1.23. The first-order chi connectivity index (χ1) is 8.04. The summed E-state index contributed by atoms with van der Waals surface area (Å²) in [5.41, 5.74) is 0. The Labute approximate surface area is 104 Å². The number of nitrogens with zero attached hydrogens (tertiary/aromatic N) is 3. The highest BCUT2D eigenvalue weighted by Gasteiger charge is 2.15. The molecule has 0 aliphatic carbocycles. The second kappa shape index (κ2) is 6.59. The molecule has 0 saturated carbocycles. The fraction of sp³-hybridized carbons (Fsp3) is 0.833. The van der Waals surface area contributed by atoms with Crippen LogP contribution in [0, 0.1) is 5.92 Å². The van der Waals surface area contributed by atoms with Gasteiger partial charge in [-0.3, -0.25) is 0 Å². The van der Waals surface area contributed by atoms with Crippen LogP contribution in [-0.4, -0.2) is 30.3 Å². The summed E-state index contributed by atoms with van der Waals surface area (Å²) in [7, 11) is 1.97. The summed E-state index contributed by atoms with van der Waals surface area (Å²) < 4.78 is 5.65. The Kier molecular flexibility index (Phi) is 5.41. The fourth-order valence-electron chi connectivity index (χ4n) is 1.63. The molecule has 1 rings (SSSR count). The van der Waals surface area contributed by atoms with Crippen molar-refractivity contribution < 1.29 is 4.42 Å². The van der Waals surface area contributed by atoms with Gasteiger partial charge in [0.05, 0.1) is 6.04 Å². The van der Waals surface area contributed by atoms with E-state index < -0.39 is 0 Å². The van der Waals surface area contributed by atoms with Crippen LogP contribution < -0.4 is 10.2 Å². The summed E-state index contributed by atoms with van der Waals surface area (Å²) in [6.45, 7) is 10.4. The van der Waals surface area contributed by atoms with Crippen molar-refractivity contribution in [1.82, 2.24) is 15.5 Å².